The Morgan fingerprint density at radius 1 is 0.162 bits per heavy atom. The third kappa shape index (κ3) is 39.9. The predicted octanol–water partition coefficient (Wildman–Crippen LogP) is 36.8. The zero-order valence-corrected chi connectivity index (χ0v) is 90.3. The van der Waals surface area contributed by atoms with Crippen LogP contribution in [0, 0.1) is 0 Å². The second kappa shape index (κ2) is 65.9. The van der Waals surface area contributed by atoms with Gasteiger partial charge in [-0.3, -0.25) is 19.2 Å². The van der Waals surface area contributed by atoms with Gasteiger partial charge in [-0.25, -0.2) is 39.9 Å². The summed E-state index contributed by atoms with van der Waals surface area (Å²) in [4.78, 5) is 95.9. The SMILES string of the molecule is CCCCCCCCCCCCCCCCCC(=O)Nc1ccc(Oc2ccc3c(c2)C2=NC3=NC3=NC(=NC4=NC(=NC5=NC(=N2)c2ccc(Oc6ccc(NC(=O)CCCCCCCCCCCCCCCCC)cc6)cc25)c2ccc(Oc5ccc(NC(=O)CCCCCCCCCCCCCCCCC)cc5)cc24)c2ccc(Oc4ccc(NC(=O)CCCCCCCCCCCCCCCCC)cc4)cc23)cc1. The van der Waals surface area contributed by atoms with Crippen LogP contribution in [0.2, 0.25) is 0 Å². The third-order valence-electron chi connectivity index (χ3n) is 29.1. The normalized spacial score (nSPS) is 13.0. The van der Waals surface area contributed by atoms with Crippen LogP contribution in [0.4, 0.5) is 22.7 Å². The molecule has 5 aliphatic rings. The summed E-state index contributed by atoms with van der Waals surface area (Å²) in [6.07, 6.45) is 78.1. The van der Waals surface area contributed by atoms with Gasteiger partial charge in [-0.15, -0.1) is 0 Å². The van der Waals surface area contributed by atoms with E-state index >= 15 is 0 Å². The van der Waals surface area contributed by atoms with Gasteiger partial charge in [-0.1, -0.05) is 387 Å². The van der Waals surface area contributed by atoms with E-state index < -0.39 is 0 Å². The molecule has 0 aromatic heterocycles. The van der Waals surface area contributed by atoms with E-state index in [4.69, 9.17) is 58.9 Å². The average molecular weight is 2010 g/mol. The quantitative estimate of drug-likeness (QED) is 0.0266. The Hall–Kier alpha value is -11.8. The van der Waals surface area contributed by atoms with E-state index in [1.165, 1.54) is 308 Å². The van der Waals surface area contributed by atoms with Gasteiger partial charge in [0.1, 0.15) is 46.0 Å². The van der Waals surface area contributed by atoms with Crippen LogP contribution in [0.25, 0.3) is 0 Å². The van der Waals surface area contributed by atoms with Gasteiger partial charge in [-0.05, 0) is 196 Å². The molecule has 4 amide bonds. The van der Waals surface area contributed by atoms with Crippen molar-refractivity contribution in [2.45, 2.75) is 439 Å². The first kappa shape index (κ1) is 113. The van der Waals surface area contributed by atoms with Crippen molar-refractivity contribution in [2.24, 2.45) is 39.9 Å². The molecule has 0 fully saturated rings. The highest BCUT2D eigenvalue weighted by molar-refractivity contribution is 6.35. The standard InChI is InChI=1S/C128H172N12O8/c1-5-9-13-17-21-25-29-33-37-41-45-49-53-57-61-65-117(141)129-97-69-77-101(78-70-97)145-105-85-89-109-113(93-105)125-133-121(109)138-126-115-95-107(147-103-81-73-99(74-82-103)131-119(143)67-63-59-55-51-47-43-39-35-31-27-23-19-15-11-7-3)87-91-111(115)123(135-126)140-128-116-96-108(148-104-83-75-100(76-84-104)132-120(144)68-64-60-56-52-48-44-40-36-32-28-24-20-16-12-8-4)88-92-112(116)124(136-128)139-127-114-94-106(86-90-110(114)122(134-127)137-125)146-102-79-71-98(72-80-102)130-118(142)66-62-58-54-50-46-42-38-34-30-26-22-18-14-10-6-2/h69-96H,5-68H2,1-4H3,(H,129,141)(H,130,142)(H,131,143)(H,132,144). The molecule has 5 heterocycles. The summed E-state index contributed by atoms with van der Waals surface area (Å²) < 4.78 is 26.7. The van der Waals surface area contributed by atoms with Crippen LogP contribution < -0.4 is 40.2 Å². The third-order valence-corrected chi connectivity index (χ3v) is 29.1. The first-order valence-electron chi connectivity index (χ1n) is 58.5. The number of carbonyl (C=O) groups excluding carboxylic acids is 4. The van der Waals surface area contributed by atoms with Crippen LogP contribution in [0.5, 0.6) is 46.0 Å². The van der Waals surface area contributed by atoms with E-state index in [-0.39, 0.29) is 23.6 Å². The Labute approximate surface area is 885 Å². The Kier molecular flexibility index (Phi) is 50.5. The van der Waals surface area contributed by atoms with Crippen LogP contribution in [-0.4, -0.2) is 70.3 Å². The number of amides is 4. The number of hydrogen-bond donors (Lipinski definition) is 4. The highest BCUT2D eigenvalue weighted by Crippen LogP contribution is 2.39. The van der Waals surface area contributed by atoms with Gasteiger partial charge in [0.05, 0.1) is 0 Å². The number of amidine groups is 8. The van der Waals surface area contributed by atoms with Crippen LogP contribution in [0.3, 0.4) is 0 Å². The highest BCUT2D eigenvalue weighted by atomic mass is 16.5. The maximum absolute atomic E-state index is 13.3. The van der Waals surface area contributed by atoms with E-state index in [0.717, 1.165) is 77.0 Å². The fourth-order valence-electron chi connectivity index (χ4n) is 20.3. The fourth-order valence-corrected chi connectivity index (χ4v) is 20.3. The second-order valence-electron chi connectivity index (χ2n) is 41.8. The number of hydrogen-bond acceptors (Lipinski definition) is 16. The topological polar surface area (TPSA) is 252 Å². The molecule has 5 aliphatic heterocycles. The largest absolute Gasteiger partial charge is 0.457 e. The summed E-state index contributed by atoms with van der Waals surface area (Å²) in [7, 11) is 0. The zero-order chi connectivity index (χ0) is 103. The van der Waals surface area contributed by atoms with Crippen molar-refractivity contribution in [1.29, 1.82) is 0 Å². The lowest BCUT2D eigenvalue weighted by Crippen LogP contribution is -2.10. The minimum atomic E-state index is -0.00308. The van der Waals surface area contributed by atoms with Gasteiger partial charge < -0.3 is 40.2 Å². The molecule has 148 heavy (non-hydrogen) atoms. The number of nitrogens with zero attached hydrogens (tertiary/aromatic N) is 8. The maximum Gasteiger partial charge on any atom is 0.224 e. The van der Waals surface area contributed by atoms with Crippen LogP contribution in [-0.2, 0) is 19.2 Å². The number of nitrogens with one attached hydrogen (secondary N) is 4. The van der Waals surface area contributed by atoms with E-state index in [2.05, 4.69) is 49.0 Å². The van der Waals surface area contributed by atoms with Crippen molar-refractivity contribution in [1.82, 2.24) is 0 Å². The number of carbonyl (C=O) groups is 4. The van der Waals surface area contributed by atoms with Gasteiger partial charge in [-0.2, -0.15) is 0 Å². The van der Waals surface area contributed by atoms with Gasteiger partial charge in [0, 0.05) is 92.9 Å². The second-order valence-corrected chi connectivity index (χ2v) is 41.8. The minimum absolute atomic E-state index is 0.00308. The van der Waals surface area contributed by atoms with Crippen molar-refractivity contribution < 1.29 is 38.1 Å². The van der Waals surface area contributed by atoms with E-state index in [0.29, 0.717) is 186 Å². The predicted molar refractivity (Wildman–Crippen MR) is 617 cm³/mol. The Morgan fingerprint density at radius 3 is 0.439 bits per heavy atom. The Morgan fingerprint density at radius 2 is 0.291 bits per heavy atom. The average Bonchev–Trinajstić information content (AvgIpc) is 1.59. The number of benzene rings is 8. The van der Waals surface area contributed by atoms with Crippen molar-refractivity contribution in [3.63, 3.8) is 0 Å². The monoisotopic (exact) mass is 2010 g/mol. The Balaban J connectivity index is 0.722. The van der Waals surface area contributed by atoms with Gasteiger partial charge >= 0.3 is 0 Å². The molecule has 0 saturated heterocycles. The first-order chi connectivity index (χ1) is 72.9. The van der Waals surface area contributed by atoms with Crippen molar-refractivity contribution in [2.75, 3.05) is 21.3 Å². The molecule has 0 spiro atoms. The molecule has 8 aromatic carbocycles. The zero-order valence-electron chi connectivity index (χ0n) is 90.3. The lowest BCUT2D eigenvalue weighted by molar-refractivity contribution is -0.117. The lowest BCUT2D eigenvalue weighted by atomic mass is 10.0. The number of rotatable bonds is 76. The Bertz CT molecular complexity index is 4980. The van der Waals surface area contributed by atoms with Crippen LogP contribution in [0.1, 0.15) is 483 Å². The molecule has 8 bridgehead atoms. The van der Waals surface area contributed by atoms with Gasteiger partial charge in [0.2, 0.25) is 23.6 Å². The molecule has 8 aromatic rings. The smallest absolute Gasteiger partial charge is 0.224 e. The van der Waals surface area contributed by atoms with Crippen molar-refractivity contribution in [3.05, 3.63) is 214 Å². The van der Waals surface area contributed by atoms with Crippen molar-refractivity contribution in [3.8, 4) is 46.0 Å². The molecular formula is C128H172N12O8. The maximum atomic E-state index is 13.3. The number of ether oxygens (including phenoxy) is 4. The summed E-state index contributed by atoms with van der Waals surface area (Å²) >= 11 is 0. The molecule has 792 valence electrons. The summed E-state index contributed by atoms with van der Waals surface area (Å²) in [5.41, 5.74) is 7.84. The van der Waals surface area contributed by atoms with E-state index in [1.807, 2.05) is 170 Å². The molecule has 4 N–H and O–H groups in total. The number of unbranched alkanes of at least 4 members (excludes halogenated alkanes) is 56. The molecule has 0 atom stereocenters. The molecule has 20 heteroatoms. The summed E-state index contributed by atoms with van der Waals surface area (Å²) in [6.45, 7) is 9.11. The summed E-state index contributed by atoms with van der Waals surface area (Å²) in [6, 6.07) is 52.6. The molecule has 13 rings (SSSR count). The number of aliphatic imine (C=N–C) groups is 8. The van der Waals surface area contributed by atoms with Gasteiger partial charge in [0.25, 0.3) is 0 Å². The molecule has 20 nitrogen and oxygen atoms in total. The molecular weight excluding hydrogens is 1830 g/mol. The number of anilines is 4. The van der Waals surface area contributed by atoms with Gasteiger partial charge in [0.15, 0.2) is 46.7 Å². The summed E-state index contributed by atoms with van der Waals surface area (Å²) in [5.74, 6) is 6.73. The highest BCUT2D eigenvalue weighted by Gasteiger charge is 2.34. The minimum Gasteiger partial charge on any atom is -0.457 e. The fraction of sp³-hybridized carbons (Fsp3) is 0.531. The molecule has 0 aliphatic carbocycles. The van der Waals surface area contributed by atoms with E-state index in [1.54, 1.807) is 0 Å². The molecule has 0 radical (unpaired) electrons. The summed E-state index contributed by atoms with van der Waals surface area (Å²) in [5, 5.41) is 12.4. The first-order valence-corrected chi connectivity index (χ1v) is 58.5. The number of fused-ring (bicyclic) bond motifs is 16. The van der Waals surface area contributed by atoms with Crippen molar-refractivity contribution >= 4 is 93.1 Å². The lowest BCUT2D eigenvalue weighted by Gasteiger charge is -2.11. The molecule has 0 saturated carbocycles. The molecule has 0 unspecified atom stereocenters. The van der Waals surface area contributed by atoms with E-state index in [9.17, 15) is 19.2 Å². The van der Waals surface area contributed by atoms with Crippen LogP contribution >= 0.6 is 0 Å². The van der Waals surface area contributed by atoms with Crippen LogP contribution in [0.15, 0.2) is 210 Å².